The Hall–Kier alpha value is -2.11. The van der Waals surface area contributed by atoms with Gasteiger partial charge in [-0.15, -0.1) is 0 Å². The average molecular weight is 346 g/mol. The SMILES string of the molecule is O=C(c1cncc(NCCc2cccc(Cl)c2)c1)N1CCOCC1. The van der Waals surface area contributed by atoms with Crippen LogP contribution in [0.15, 0.2) is 42.7 Å². The number of nitrogens with zero attached hydrogens (tertiary/aromatic N) is 2. The number of hydrogen-bond acceptors (Lipinski definition) is 4. The molecule has 1 aliphatic rings. The van der Waals surface area contributed by atoms with Gasteiger partial charge in [-0.3, -0.25) is 9.78 Å². The monoisotopic (exact) mass is 345 g/mol. The third-order valence-electron chi connectivity index (χ3n) is 3.92. The number of halogens is 1. The molecule has 6 heteroatoms. The van der Waals surface area contributed by atoms with Crippen LogP contribution in [0.25, 0.3) is 0 Å². The lowest BCUT2D eigenvalue weighted by Crippen LogP contribution is -2.40. The molecule has 0 spiro atoms. The fourth-order valence-electron chi connectivity index (χ4n) is 2.65. The van der Waals surface area contributed by atoms with Gasteiger partial charge in [-0.1, -0.05) is 23.7 Å². The third kappa shape index (κ3) is 4.46. The topological polar surface area (TPSA) is 54.5 Å². The van der Waals surface area contributed by atoms with Crippen LogP contribution in [0.1, 0.15) is 15.9 Å². The zero-order chi connectivity index (χ0) is 16.8. The van der Waals surface area contributed by atoms with Gasteiger partial charge >= 0.3 is 0 Å². The molecular weight excluding hydrogens is 326 g/mol. The van der Waals surface area contributed by atoms with Crippen molar-refractivity contribution in [2.24, 2.45) is 0 Å². The van der Waals surface area contributed by atoms with Gasteiger partial charge in [0.1, 0.15) is 0 Å². The minimum absolute atomic E-state index is 0.00397. The second-order valence-corrected chi connectivity index (χ2v) is 6.11. The maximum Gasteiger partial charge on any atom is 0.255 e. The molecule has 1 aromatic carbocycles. The Bertz CT molecular complexity index is 702. The number of anilines is 1. The molecule has 0 unspecified atom stereocenters. The van der Waals surface area contributed by atoms with E-state index in [0.717, 1.165) is 23.7 Å². The summed E-state index contributed by atoms with van der Waals surface area (Å²) in [6.45, 7) is 3.20. The molecule has 1 saturated heterocycles. The average Bonchev–Trinajstić information content (AvgIpc) is 2.62. The summed E-state index contributed by atoms with van der Waals surface area (Å²) in [7, 11) is 0. The number of ether oxygens (including phenoxy) is 1. The normalized spacial score (nSPS) is 14.5. The molecule has 2 heterocycles. The van der Waals surface area contributed by atoms with Gasteiger partial charge in [0.05, 0.1) is 24.5 Å². The van der Waals surface area contributed by atoms with Gasteiger partial charge in [-0.2, -0.15) is 0 Å². The van der Waals surface area contributed by atoms with E-state index in [1.54, 1.807) is 17.3 Å². The van der Waals surface area contributed by atoms with Crippen LogP contribution >= 0.6 is 11.6 Å². The maximum atomic E-state index is 12.5. The molecule has 0 aliphatic carbocycles. The molecule has 126 valence electrons. The molecule has 1 aromatic heterocycles. The summed E-state index contributed by atoms with van der Waals surface area (Å²) in [5, 5.41) is 4.05. The molecule has 24 heavy (non-hydrogen) atoms. The van der Waals surface area contributed by atoms with E-state index in [1.807, 2.05) is 30.3 Å². The quantitative estimate of drug-likeness (QED) is 0.905. The number of rotatable bonds is 5. The van der Waals surface area contributed by atoms with Crippen LogP contribution in [0.4, 0.5) is 5.69 Å². The third-order valence-corrected chi connectivity index (χ3v) is 4.15. The highest BCUT2D eigenvalue weighted by Crippen LogP contribution is 2.14. The number of carbonyl (C=O) groups is 1. The van der Waals surface area contributed by atoms with Crippen LogP contribution in [-0.2, 0) is 11.2 Å². The van der Waals surface area contributed by atoms with Crippen LogP contribution < -0.4 is 5.32 Å². The molecule has 0 bridgehead atoms. The van der Waals surface area contributed by atoms with Gasteiger partial charge in [0, 0.05) is 37.1 Å². The Kier molecular flexibility index (Phi) is 5.67. The van der Waals surface area contributed by atoms with Crippen LogP contribution in [0.2, 0.25) is 5.02 Å². The first-order chi connectivity index (χ1) is 11.7. The van der Waals surface area contributed by atoms with E-state index in [-0.39, 0.29) is 5.91 Å². The zero-order valence-corrected chi connectivity index (χ0v) is 14.1. The van der Waals surface area contributed by atoms with Crippen LogP contribution in [0, 0.1) is 0 Å². The minimum atomic E-state index is 0.00397. The van der Waals surface area contributed by atoms with Crippen LogP contribution in [-0.4, -0.2) is 48.6 Å². The van der Waals surface area contributed by atoms with Crippen molar-refractivity contribution in [2.75, 3.05) is 38.2 Å². The van der Waals surface area contributed by atoms with E-state index < -0.39 is 0 Å². The van der Waals surface area contributed by atoms with Crippen molar-refractivity contribution in [3.8, 4) is 0 Å². The molecule has 3 rings (SSSR count). The molecule has 1 N–H and O–H groups in total. The Balaban J connectivity index is 1.57. The molecule has 5 nitrogen and oxygen atoms in total. The van der Waals surface area contributed by atoms with E-state index in [9.17, 15) is 4.79 Å². The number of benzene rings is 1. The molecule has 0 radical (unpaired) electrons. The second kappa shape index (κ2) is 8.13. The summed E-state index contributed by atoms with van der Waals surface area (Å²) in [5.74, 6) is 0.00397. The van der Waals surface area contributed by atoms with E-state index in [1.165, 1.54) is 5.56 Å². The van der Waals surface area contributed by atoms with Gasteiger partial charge in [0.15, 0.2) is 0 Å². The molecular formula is C18H20ClN3O2. The fourth-order valence-corrected chi connectivity index (χ4v) is 2.86. The van der Waals surface area contributed by atoms with Crippen LogP contribution in [0.3, 0.4) is 0 Å². The molecule has 1 fully saturated rings. The number of amides is 1. The zero-order valence-electron chi connectivity index (χ0n) is 13.4. The summed E-state index contributed by atoms with van der Waals surface area (Å²) in [5.41, 5.74) is 2.62. The first-order valence-corrected chi connectivity index (χ1v) is 8.40. The predicted molar refractivity (Wildman–Crippen MR) is 94.6 cm³/mol. The first-order valence-electron chi connectivity index (χ1n) is 8.03. The predicted octanol–water partition coefficient (Wildman–Crippen LogP) is 2.86. The number of pyridine rings is 1. The standard InChI is InChI=1S/C18H20ClN3O2/c19-16-3-1-2-14(10-16)4-5-21-17-11-15(12-20-13-17)18(23)22-6-8-24-9-7-22/h1-3,10-13,21H,4-9H2. The van der Waals surface area contributed by atoms with E-state index in [4.69, 9.17) is 16.3 Å². The van der Waals surface area contributed by atoms with Crippen molar-refractivity contribution < 1.29 is 9.53 Å². The van der Waals surface area contributed by atoms with E-state index >= 15 is 0 Å². The largest absolute Gasteiger partial charge is 0.383 e. The van der Waals surface area contributed by atoms with Crippen molar-refractivity contribution >= 4 is 23.2 Å². The summed E-state index contributed by atoms with van der Waals surface area (Å²) in [6.07, 6.45) is 4.19. The van der Waals surface area contributed by atoms with Crippen molar-refractivity contribution in [3.05, 3.63) is 58.9 Å². The van der Waals surface area contributed by atoms with Gasteiger partial charge in [0.2, 0.25) is 0 Å². The Morgan fingerprint density at radius 2 is 2.08 bits per heavy atom. The number of carbonyl (C=O) groups excluding carboxylic acids is 1. The number of morpholine rings is 1. The number of nitrogens with one attached hydrogen (secondary N) is 1. The summed E-state index contributed by atoms with van der Waals surface area (Å²) >= 11 is 5.99. The van der Waals surface area contributed by atoms with E-state index in [2.05, 4.69) is 10.3 Å². The Labute approximate surface area is 146 Å². The number of hydrogen-bond donors (Lipinski definition) is 1. The minimum Gasteiger partial charge on any atom is -0.383 e. The van der Waals surface area contributed by atoms with Gasteiger partial charge in [-0.05, 0) is 30.2 Å². The molecule has 1 amide bonds. The highest BCUT2D eigenvalue weighted by molar-refractivity contribution is 6.30. The smallest absolute Gasteiger partial charge is 0.255 e. The Morgan fingerprint density at radius 1 is 1.25 bits per heavy atom. The number of aromatic nitrogens is 1. The van der Waals surface area contributed by atoms with E-state index in [0.29, 0.717) is 31.9 Å². The van der Waals surface area contributed by atoms with Crippen molar-refractivity contribution in [2.45, 2.75) is 6.42 Å². The molecule has 0 atom stereocenters. The van der Waals surface area contributed by atoms with Gasteiger partial charge < -0.3 is 15.0 Å². The Morgan fingerprint density at radius 3 is 2.88 bits per heavy atom. The summed E-state index contributed by atoms with van der Waals surface area (Å²) in [4.78, 5) is 18.5. The molecule has 1 aliphatic heterocycles. The summed E-state index contributed by atoms with van der Waals surface area (Å²) < 4.78 is 5.28. The lowest BCUT2D eigenvalue weighted by molar-refractivity contribution is 0.0302. The molecule has 0 saturated carbocycles. The lowest BCUT2D eigenvalue weighted by Gasteiger charge is -2.26. The van der Waals surface area contributed by atoms with Gasteiger partial charge in [-0.25, -0.2) is 0 Å². The second-order valence-electron chi connectivity index (χ2n) is 5.67. The van der Waals surface area contributed by atoms with Gasteiger partial charge in [0.25, 0.3) is 5.91 Å². The van der Waals surface area contributed by atoms with Crippen molar-refractivity contribution in [3.63, 3.8) is 0 Å². The fraction of sp³-hybridized carbons (Fsp3) is 0.333. The maximum absolute atomic E-state index is 12.5. The summed E-state index contributed by atoms with van der Waals surface area (Å²) in [6, 6.07) is 9.66. The highest BCUT2D eigenvalue weighted by Gasteiger charge is 2.18. The highest BCUT2D eigenvalue weighted by atomic mass is 35.5. The van der Waals surface area contributed by atoms with Crippen molar-refractivity contribution in [1.82, 2.24) is 9.88 Å². The van der Waals surface area contributed by atoms with Crippen molar-refractivity contribution in [1.29, 1.82) is 0 Å². The molecule has 2 aromatic rings. The first kappa shape index (κ1) is 16.7. The van der Waals surface area contributed by atoms with Crippen LogP contribution in [0.5, 0.6) is 0 Å². The lowest BCUT2D eigenvalue weighted by atomic mass is 10.1.